The van der Waals surface area contributed by atoms with Crippen molar-refractivity contribution in [1.29, 1.82) is 0 Å². The summed E-state index contributed by atoms with van der Waals surface area (Å²) < 4.78 is 5.05. The number of carbonyl (C=O) groups excluding carboxylic acids is 1. The predicted molar refractivity (Wildman–Crippen MR) is 82.0 cm³/mol. The minimum atomic E-state index is 0.101. The molecule has 2 atom stereocenters. The molecule has 0 bridgehead atoms. The van der Waals surface area contributed by atoms with Gasteiger partial charge in [0, 0.05) is 46.2 Å². The van der Waals surface area contributed by atoms with E-state index in [1.54, 1.807) is 18.2 Å². The van der Waals surface area contributed by atoms with Crippen molar-refractivity contribution in [1.82, 2.24) is 14.8 Å². The summed E-state index contributed by atoms with van der Waals surface area (Å²) in [6, 6.07) is 4.24. The highest BCUT2D eigenvalue weighted by molar-refractivity contribution is 5.75. The number of nitrogens with zero attached hydrogens (tertiary/aromatic N) is 3. The molecule has 0 saturated carbocycles. The molecule has 0 aliphatic carbocycles. The van der Waals surface area contributed by atoms with Crippen LogP contribution >= 0.6 is 0 Å². The quantitative estimate of drug-likeness (QED) is 0.783. The van der Waals surface area contributed by atoms with Gasteiger partial charge >= 0.3 is 6.03 Å². The summed E-state index contributed by atoms with van der Waals surface area (Å²) in [6.07, 6.45) is 5.50. The van der Waals surface area contributed by atoms with E-state index in [0.717, 1.165) is 31.5 Å². The molecule has 1 aromatic rings. The van der Waals surface area contributed by atoms with Gasteiger partial charge in [0.15, 0.2) is 0 Å². The molecule has 0 aromatic carbocycles. The first-order valence-electron chi connectivity index (χ1n) is 7.54. The Bertz CT molecular complexity index is 452. The molecule has 2 amide bonds. The van der Waals surface area contributed by atoms with E-state index in [1.807, 2.05) is 24.2 Å². The van der Waals surface area contributed by atoms with E-state index in [-0.39, 0.29) is 12.1 Å². The van der Waals surface area contributed by atoms with Crippen molar-refractivity contribution < 1.29 is 9.53 Å². The van der Waals surface area contributed by atoms with Crippen LogP contribution in [0.1, 0.15) is 31.4 Å². The second-order valence-electron chi connectivity index (χ2n) is 5.85. The third-order valence-electron chi connectivity index (χ3n) is 3.99. The molecule has 0 N–H and O–H groups in total. The summed E-state index contributed by atoms with van der Waals surface area (Å²) in [4.78, 5) is 20.6. The average Bonchev–Trinajstić information content (AvgIpc) is 2.89. The molecular formula is C16H25N3O2. The molecule has 0 unspecified atom stereocenters. The van der Waals surface area contributed by atoms with E-state index in [1.165, 1.54) is 0 Å². The molecule has 1 aromatic heterocycles. The number of aromatic nitrogens is 1. The van der Waals surface area contributed by atoms with E-state index < -0.39 is 0 Å². The Morgan fingerprint density at radius 2 is 2.38 bits per heavy atom. The number of hydrogen-bond donors (Lipinski definition) is 0. The van der Waals surface area contributed by atoms with Gasteiger partial charge in [-0.25, -0.2) is 4.79 Å². The summed E-state index contributed by atoms with van der Waals surface area (Å²) in [7, 11) is 3.55. The van der Waals surface area contributed by atoms with Crippen molar-refractivity contribution in [3.63, 3.8) is 0 Å². The lowest BCUT2D eigenvalue weighted by Gasteiger charge is -2.29. The van der Waals surface area contributed by atoms with Crippen LogP contribution in [0.3, 0.4) is 0 Å². The number of rotatable bonds is 5. The molecular weight excluding hydrogens is 266 g/mol. The molecule has 0 radical (unpaired) electrons. The minimum absolute atomic E-state index is 0.101. The highest BCUT2D eigenvalue weighted by atomic mass is 16.5. The van der Waals surface area contributed by atoms with Gasteiger partial charge in [0.25, 0.3) is 0 Å². The van der Waals surface area contributed by atoms with Gasteiger partial charge in [-0.05, 0) is 30.4 Å². The lowest BCUT2D eigenvalue weighted by Crippen LogP contribution is -2.41. The van der Waals surface area contributed by atoms with Gasteiger partial charge in [-0.2, -0.15) is 0 Å². The lowest BCUT2D eigenvalue weighted by atomic mass is 10.0. The maximum absolute atomic E-state index is 12.7. The summed E-state index contributed by atoms with van der Waals surface area (Å²) in [5.74, 6) is 0.520. The Balaban J connectivity index is 2.04. The molecule has 1 fully saturated rings. The molecule has 5 heteroatoms. The van der Waals surface area contributed by atoms with Gasteiger partial charge in [0.1, 0.15) is 0 Å². The number of likely N-dealkylation sites (tertiary alicyclic amines) is 1. The van der Waals surface area contributed by atoms with Crippen LogP contribution in [0.25, 0.3) is 0 Å². The van der Waals surface area contributed by atoms with Gasteiger partial charge in [-0.15, -0.1) is 0 Å². The highest BCUT2D eigenvalue weighted by Crippen LogP contribution is 2.35. The van der Waals surface area contributed by atoms with Crippen LogP contribution in [0.4, 0.5) is 4.79 Å². The van der Waals surface area contributed by atoms with Crippen molar-refractivity contribution in [3.05, 3.63) is 30.1 Å². The fraction of sp³-hybridized carbons (Fsp3) is 0.625. The molecule has 2 rings (SSSR count). The van der Waals surface area contributed by atoms with E-state index in [4.69, 9.17) is 4.74 Å². The van der Waals surface area contributed by atoms with Gasteiger partial charge < -0.3 is 14.5 Å². The van der Waals surface area contributed by atoms with Gasteiger partial charge in [-0.1, -0.05) is 13.0 Å². The smallest absolute Gasteiger partial charge is 0.320 e. The molecule has 1 aliphatic rings. The topological polar surface area (TPSA) is 45.7 Å². The predicted octanol–water partition coefficient (Wildman–Crippen LogP) is 2.55. The SMILES string of the molecule is COCCCN(C)C(=O)N1C[C@H](C)C[C@H]1c1cccnc1. The fourth-order valence-electron chi connectivity index (χ4n) is 2.91. The van der Waals surface area contributed by atoms with E-state index in [0.29, 0.717) is 12.5 Å². The molecule has 1 saturated heterocycles. The second kappa shape index (κ2) is 7.41. The zero-order valence-corrected chi connectivity index (χ0v) is 13.2. The van der Waals surface area contributed by atoms with Gasteiger partial charge in [0.05, 0.1) is 6.04 Å². The third kappa shape index (κ3) is 3.94. The molecule has 116 valence electrons. The average molecular weight is 291 g/mol. The maximum Gasteiger partial charge on any atom is 0.320 e. The standard InChI is InChI=1S/C16H25N3O2/c1-13-10-15(14-6-4-7-17-11-14)19(12-13)16(20)18(2)8-5-9-21-3/h4,6-7,11,13,15H,5,8-10,12H2,1-3H3/t13-,15+/m1/s1. The van der Waals surface area contributed by atoms with Crippen LogP contribution in [0.15, 0.2) is 24.5 Å². The fourth-order valence-corrected chi connectivity index (χ4v) is 2.91. The summed E-state index contributed by atoms with van der Waals surface area (Å²) in [5.41, 5.74) is 1.13. The first-order valence-corrected chi connectivity index (χ1v) is 7.54. The Labute approximate surface area is 126 Å². The molecule has 2 heterocycles. The van der Waals surface area contributed by atoms with Gasteiger partial charge in [-0.3, -0.25) is 4.98 Å². The normalized spacial score (nSPS) is 21.6. The van der Waals surface area contributed by atoms with Crippen molar-refractivity contribution in [2.45, 2.75) is 25.8 Å². The summed E-state index contributed by atoms with van der Waals surface area (Å²) in [6.45, 7) is 4.41. The van der Waals surface area contributed by atoms with Crippen molar-refractivity contribution in [3.8, 4) is 0 Å². The summed E-state index contributed by atoms with van der Waals surface area (Å²) >= 11 is 0. The van der Waals surface area contributed by atoms with Crippen LogP contribution < -0.4 is 0 Å². The lowest BCUT2D eigenvalue weighted by molar-refractivity contribution is 0.146. The zero-order chi connectivity index (χ0) is 15.2. The Kier molecular flexibility index (Phi) is 5.56. The first-order chi connectivity index (χ1) is 10.1. The van der Waals surface area contributed by atoms with Crippen molar-refractivity contribution in [2.75, 3.05) is 33.9 Å². The number of amides is 2. The number of urea groups is 1. The Morgan fingerprint density at radius 1 is 1.57 bits per heavy atom. The van der Waals surface area contributed by atoms with Crippen molar-refractivity contribution in [2.24, 2.45) is 5.92 Å². The maximum atomic E-state index is 12.7. The number of hydrogen-bond acceptors (Lipinski definition) is 3. The number of carbonyl (C=O) groups is 1. The van der Waals surface area contributed by atoms with E-state index in [2.05, 4.69) is 18.0 Å². The van der Waals surface area contributed by atoms with Gasteiger partial charge in [0.2, 0.25) is 0 Å². The molecule has 5 nitrogen and oxygen atoms in total. The third-order valence-corrected chi connectivity index (χ3v) is 3.99. The first kappa shape index (κ1) is 15.8. The molecule has 21 heavy (non-hydrogen) atoms. The second-order valence-corrected chi connectivity index (χ2v) is 5.85. The highest BCUT2D eigenvalue weighted by Gasteiger charge is 2.35. The number of methoxy groups -OCH3 is 1. The summed E-state index contributed by atoms with van der Waals surface area (Å²) in [5, 5.41) is 0. The van der Waals surface area contributed by atoms with E-state index >= 15 is 0 Å². The van der Waals surface area contributed by atoms with E-state index in [9.17, 15) is 4.79 Å². The van der Waals surface area contributed by atoms with Crippen LogP contribution in [-0.4, -0.2) is 54.7 Å². The molecule has 0 spiro atoms. The monoisotopic (exact) mass is 291 g/mol. The minimum Gasteiger partial charge on any atom is -0.385 e. The van der Waals surface area contributed by atoms with Crippen molar-refractivity contribution >= 4 is 6.03 Å². The largest absolute Gasteiger partial charge is 0.385 e. The zero-order valence-electron chi connectivity index (χ0n) is 13.2. The van der Waals surface area contributed by atoms with Crippen LogP contribution in [0.5, 0.6) is 0 Å². The Morgan fingerprint density at radius 3 is 3.05 bits per heavy atom. The van der Waals surface area contributed by atoms with Crippen LogP contribution in [0, 0.1) is 5.92 Å². The number of pyridine rings is 1. The number of ether oxygens (including phenoxy) is 1. The van der Waals surface area contributed by atoms with Crippen LogP contribution in [0.2, 0.25) is 0 Å². The van der Waals surface area contributed by atoms with Crippen LogP contribution in [-0.2, 0) is 4.74 Å². The molecule has 1 aliphatic heterocycles. The Hall–Kier alpha value is -1.62.